The highest BCUT2D eigenvalue weighted by Crippen LogP contribution is 2.29. The molecule has 8 nitrogen and oxygen atoms in total. The van der Waals surface area contributed by atoms with Crippen LogP contribution in [0.1, 0.15) is 5.56 Å². The zero-order chi connectivity index (χ0) is 19.8. The fraction of sp³-hybridized carbons (Fsp3) is 0.400. The van der Waals surface area contributed by atoms with Gasteiger partial charge in [0.25, 0.3) is 0 Å². The first-order chi connectivity index (χ1) is 14.1. The fourth-order valence-electron chi connectivity index (χ4n) is 4.30. The number of hydrogen-bond donors (Lipinski definition) is 1. The number of H-pyrrole nitrogens is 1. The highest BCUT2D eigenvalue weighted by atomic mass is 32.2. The molecule has 2 saturated heterocycles. The Kier molecular flexibility index (Phi) is 4.73. The second kappa shape index (κ2) is 7.40. The number of sulfonamides is 1. The molecule has 1 aromatic carbocycles. The molecule has 0 saturated carbocycles. The molecule has 5 rings (SSSR count). The first-order valence-electron chi connectivity index (χ1n) is 9.74. The molecule has 2 aliphatic heterocycles. The minimum absolute atomic E-state index is 0.00657. The molecule has 0 unspecified atom stereocenters. The summed E-state index contributed by atoms with van der Waals surface area (Å²) in [6, 6.07) is 11.1. The molecule has 2 bridgehead atoms. The molecule has 9 heteroatoms. The molecule has 2 aliphatic rings. The van der Waals surface area contributed by atoms with Gasteiger partial charge in [-0.25, -0.2) is 18.4 Å². The molecule has 4 heterocycles. The SMILES string of the molecule is O=S(=O)(Cc1ccccc1)N1C[C@H]2COC[C@@H]1CN(c1ncnc3[nH]ccc13)C2. The average Bonchev–Trinajstić information content (AvgIpc) is 2.98. The number of hydrogen-bond acceptors (Lipinski definition) is 6. The lowest BCUT2D eigenvalue weighted by Crippen LogP contribution is -2.47. The number of nitrogens with one attached hydrogen (secondary N) is 1. The number of rotatable bonds is 4. The monoisotopic (exact) mass is 413 g/mol. The first kappa shape index (κ1) is 18.5. The Balaban J connectivity index is 1.46. The topological polar surface area (TPSA) is 91.4 Å². The fourth-order valence-corrected chi connectivity index (χ4v) is 6.10. The summed E-state index contributed by atoms with van der Waals surface area (Å²) in [4.78, 5) is 14.1. The summed E-state index contributed by atoms with van der Waals surface area (Å²) in [5.74, 6) is 0.930. The molecule has 2 fully saturated rings. The summed E-state index contributed by atoms with van der Waals surface area (Å²) in [5, 5.41) is 0.951. The molecule has 152 valence electrons. The summed E-state index contributed by atoms with van der Waals surface area (Å²) in [5.41, 5.74) is 1.59. The summed E-state index contributed by atoms with van der Waals surface area (Å²) < 4.78 is 34.1. The van der Waals surface area contributed by atoms with Crippen LogP contribution in [0.25, 0.3) is 11.0 Å². The maximum absolute atomic E-state index is 13.3. The highest BCUT2D eigenvalue weighted by molar-refractivity contribution is 7.88. The standard InChI is InChI=1S/C20H23N5O3S/c26-29(27,13-15-4-2-1-3-5-15)25-9-16-8-24(10-17(25)12-28-11-16)20-18-6-7-21-19(18)22-14-23-20/h1-7,14,16-17H,8-13H2,(H,21,22,23)/t16-,17-/m0/s1. The maximum atomic E-state index is 13.3. The lowest BCUT2D eigenvalue weighted by molar-refractivity contribution is 0.0979. The van der Waals surface area contributed by atoms with Gasteiger partial charge in [-0.05, 0) is 11.6 Å². The lowest BCUT2D eigenvalue weighted by Gasteiger charge is -2.31. The summed E-state index contributed by atoms with van der Waals surface area (Å²) in [6.07, 6.45) is 3.40. The van der Waals surface area contributed by atoms with Crippen LogP contribution < -0.4 is 4.90 Å². The van der Waals surface area contributed by atoms with Crippen molar-refractivity contribution >= 4 is 26.9 Å². The molecule has 2 atom stereocenters. The highest BCUT2D eigenvalue weighted by Gasteiger charge is 2.40. The van der Waals surface area contributed by atoms with Gasteiger partial charge >= 0.3 is 0 Å². The van der Waals surface area contributed by atoms with Crippen molar-refractivity contribution in [3.8, 4) is 0 Å². The van der Waals surface area contributed by atoms with Crippen LogP contribution in [0.4, 0.5) is 5.82 Å². The second-order valence-electron chi connectivity index (χ2n) is 7.71. The van der Waals surface area contributed by atoms with E-state index in [1.807, 2.05) is 42.6 Å². The molecule has 0 radical (unpaired) electrons. The third-order valence-electron chi connectivity index (χ3n) is 5.60. The molecule has 29 heavy (non-hydrogen) atoms. The number of benzene rings is 1. The van der Waals surface area contributed by atoms with Gasteiger partial charge in [-0.15, -0.1) is 0 Å². The zero-order valence-electron chi connectivity index (χ0n) is 15.9. The predicted molar refractivity (Wildman–Crippen MR) is 110 cm³/mol. The third-order valence-corrected chi connectivity index (χ3v) is 7.46. The minimum atomic E-state index is -3.46. The van der Waals surface area contributed by atoms with Crippen molar-refractivity contribution in [2.45, 2.75) is 11.8 Å². The van der Waals surface area contributed by atoms with Crippen LogP contribution in [0.3, 0.4) is 0 Å². The van der Waals surface area contributed by atoms with Crippen molar-refractivity contribution < 1.29 is 13.2 Å². The van der Waals surface area contributed by atoms with Gasteiger partial charge in [-0.3, -0.25) is 0 Å². The van der Waals surface area contributed by atoms with Crippen molar-refractivity contribution in [3.63, 3.8) is 0 Å². The molecule has 1 N–H and O–H groups in total. The Hall–Kier alpha value is -2.49. The van der Waals surface area contributed by atoms with E-state index in [2.05, 4.69) is 19.9 Å². The van der Waals surface area contributed by atoms with Crippen LogP contribution in [0, 0.1) is 5.92 Å². The number of aromatic amines is 1. The number of fused-ring (bicyclic) bond motifs is 4. The number of aromatic nitrogens is 3. The molecule has 0 spiro atoms. The van der Waals surface area contributed by atoms with Crippen LogP contribution in [-0.2, 0) is 20.5 Å². The largest absolute Gasteiger partial charge is 0.379 e. The van der Waals surface area contributed by atoms with E-state index in [-0.39, 0.29) is 17.7 Å². The van der Waals surface area contributed by atoms with Gasteiger partial charge in [0.05, 0.1) is 30.4 Å². The molecular weight excluding hydrogens is 390 g/mol. The number of ether oxygens (including phenoxy) is 1. The lowest BCUT2D eigenvalue weighted by atomic mass is 10.1. The second-order valence-corrected chi connectivity index (χ2v) is 9.63. The normalized spacial score (nSPS) is 23.2. The van der Waals surface area contributed by atoms with Gasteiger partial charge in [-0.1, -0.05) is 30.3 Å². The average molecular weight is 414 g/mol. The molecule has 2 aromatic heterocycles. The Morgan fingerprint density at radius 1 is 1.07 bits per heavy atom. The predicted octanol–water partition coefficient (Wildman–Crippen LogP) is 1.62. The van der Waals surface area contributed by atoms with E-state index in [9.17, 15) is 8.42 Å². The van der Waals surface area contributed by atoms with Crippen LogP contribution in [0.15, 0.2) is 48.9 Å². The Labute approximate surface area is 169 Å². The van der Waals surface area contributed by atoms with Crippen molar-refractivity contribution in [2.75, 3.05) is 37.7 Å². The van der Waals surface area contributed by atoms with Crippen LogP contribution in [0.2, 0.25) is 0 Å². The van der Waals surface area contributed by atoms with E-state index in [1.54, 1.807) is 10.6 Å². The van der Waals surface area contributed by atoms with Gasteiger partial charge in [-0.2, -0.15) is 4.31 Å². The Morgan fingerprint density at radius 2 is 1.93 bits per heavy atom. The Morgan fingerprint density at radius 3 is 2.79 bits per heavy atom. The van der Waals surface area contributed by atoms with E-state index in [4.69, 9.17) is 4.74 Å². The van der Waals surface area contributed by atoms with Gasteiger partial charge in [0.1, 0.15) is 17.8 Å². The molecule has 0 amide bonds. The smallest absolute Gasteiger partial charge is 0.218 e. The summed E-state index contributed by atoms with van der Waals surface area (Å²) >= 11 is 0. The molecular formula is C20H23N5O3S. The minimum Gasteiger partial charge on any atom is -0.379 e. The summed E-state index contributed by atoms with van der Waals surface area (Å²) in [6.45, 7) is 2.65. The van der Waals surface area contributed by atoms with E-state index in [0.29, 0.717) is 32.8 Å². The maximum Gasteiger partial charge on any atom is 0.218 e. The number of nitrogens with zero attached hydrogens (tertiary/aromatic N) is 4. The quantitative estimate of drug-likeness (QED) is 0.699. The van der Waals surface area contributed by atoms with Crippen LogP contribution >= 0.6 is 0 Å². The van der Waals surface area contributed by atoms with Crippen molar-refractivity contribution in [2.24, 2.45) is 5.92 Å². The van der Waals surface area contributed by atoms with Gasteiger partial charge in [0.2, 0.25) is 10.0 Å². The Bertz CT molecular complexity index is 1100. The third kappa shape index (κ3) is 3.61. The van der Waals surface area contributed by atoms with E-state index in [0.717, 1.165) is 22.4 Å². The van der Waals surface area contributed by atoms with E-state index in [1.165, 1.54) is 0 Å². The van der Waals surface area contributed by atoms with Gasteiger partial charge in [0, 0.05) is 31.7 Å². The first-order valence-corrected chi connectivity index (χ1v) is 11.4. The van der Waals surface area contributed by atoms with E-state index < -0.39 is 10.0 Å². The number of anilines is 1. The van der Waals surface area contributed by atoms with Crippen molar-refractivity contribution in [1.29, 1.82) is 0 Å². The van der Waals surface area contributed by atoms with Crippen molar-refractivity contribution in [3.05, 3.63) is 54.5 Å². The van der Waals surface area contributed by atoms with Crippen LogP contribution in [0.5, 0.6) is 0 Å². The zero-order valence-corrected chi connectivity index (χ0v) is 16.8. The molecule has 0 aliphatic carbocycles. The van der Waals surface area contributed by atoms with Gasteiger partial charge < -0.3 is 14.6 Å². The van der Waals surface area contributed by atoms with Crippen molar-refractivity contribution in [1.82, 2.24) is 19.3 Å². The van der Waals surface area contributed by atoms with Gasteiger partial charge in [0.15, 0.2) is 0 Å². The van der Waals surface area contributed by atoms with E-state index >= 15 is 0 Å². The summed E-state index contributed by atoms with van der Waals surface area (Å²) in [7, 11) is -3.46. The molecule has 3 aromatic rings. The van der Waals surface area contributed by atoms with Crippen LogP contribution in [-0.4, -0.2) is 66.6 Å².